The van der Waals surface area contributed by atoms with Gasteiger partial charge in [0.2, 0.25) is 0 Å². The summed E-state index contributed by atoms with van der Waals surface area (Å²) in [7, 11) is 1.62. The van der Waals surface area contributed by atoms with Gasteiger partial charge in [-0.3, -0.25) is 4.79 Å². The van der Waals surface area contributed by atoms with Gasteiger partial charge in [-0.1, -0.05) is 18.2 Å². The Balaban J connectivity index is 1.90. The van der Waals surface area contributed by atoms with Gasteiger partial charge in [0.1, 0.15) is 17.1 Å². The van der Waals surface area contributed by atoms with Crippen LogP contribution in [-0.2, 0) is 11.2 Å². The molecular weight excluding hydrogens is 308 g/mol. The van der Waals surface area contributed by atoms with Crippen LogP contribution < -0.4 is 10.1 Å². The molecule has 0 fully saturated rings. The SMILES string of the molecule is CCOC(=O)c1cccc(C(=O)NCCc2ccc(OC)cc2)n1. The Morgan fingerprint density at radius 3 is 2.46 bits per heavy atom. The number of benzene rings is 1. The van der Waals surface area contributed by atoms with E-state index < -0.39 is 5.97 Å². The molecule has 0 aliphatic heterocycles. The summed E-state index contributed by atoms with van der Waals surface area (Å²) in [6.45, 7) is 2.45. The molecule has 0 unspecified atom stereocenters. The number of nitrogens with one attached hydrogen (secondary N) is 1. The Kier molecular flexibility index (Phi) is 6.31. The quantitative estimate of drug-likeness (QED) is 0.789. The van der Waals surface area contributed by atoms with Gasteiger partial charge in [-0.15, -0.1) is 0 Å². The number of ether oxygens (including phenoxy) is 2. The number of rotatable bonds is 7. The zero-order valence-corrected chi connectivity index (χ0v) is 13.7. The fourth-order valence-electron chi connectivity index (χ4n) is 2.08. The van der Waals surface area contributed by atoms with Crippen LogP contribution in [0.3, 0.4) is 0 Å². The van der Waals surface area contributed by atoms with Gasteiger partial charge in [-0.25, -0.2) is 9.78 Å². The molecule has 126 valence electrons. The second-order valence-electron chi connectivity index (χ2n) is 4.98. The molecule has 1 aromatic carbocycles. The summed E-state index contributed by atoms with van der Waals surface area (Å²) in [5, 5.41) is 2.79. The summed E-state index contributed by atoms with van der Waals surface area (Å²) in [6.07, 6.45) is 0.688. The number of carbonyl (C=O) groups excluding carboxylic acids is 2. The van der Waals surface area contributed by atoms with E-state index in [0.29, 0.717) is 13.0 Å². The minimum absolute atomic E-state index is 0.125. The maximum absolute atomic E-state index is 12.1. The van der Waals surface area contributed by atoms with Crippen molar-refractivity contribution in [2.24, 2.45) is 0 Å². The second kappa shape index (κ2) is 8.67. The van der Waals surface area contributed by atoms with Crippen molar-refractivity contribution in [3.8, 4) is 5.75 Å². The van der Waals surface area contributed by atoms with Crippen molar-refractivity contribution in [2.75, 3.05) is 20.3 Å². The number of nitrogens with zero attached hydrogens (tertiary/aromatic N) is 1. The molecule has 1 N–H and O–H groups in total. The van der Waals surface area contributed by atoms with Crippen LogP contribution >= 0.6 is 0 Å². The average molecular weight is 328 g/mol. The molecule has 6 nitrogen and oxygen atoms in total. The highest BCUT2D eigenvalue weighted by molar-refractivity contribution is 5.94. The van der Waals surface area contributed by atoms with Crippen LogP contribution in [-0.4, -0.2) is 37.1 Å². The van der Waals surface area contributed by atoms with Crippen LogP contribution in [0.25, 0.3) is 0 Å². The minimum atomic E-state index is -0.537. The predicted molar refractivity (Wildman–Crippen MR) is 89.2 cm³/mol. The molecule has 0 aliphatic rings. The largest absolute Gasteiger partial charge is 0.497 e. The average Bonchev–Trinajstić information content (AvgIpc) is 2.62. The van der Waals surface area contributed by atoms with Gasteiger partial charge in [-0.2, -0.15) is 0 Å². The molecular formula is C18H20N2O4. The molecule has 0 aliphatic carbocycles. The van der Waals surface area contributed by atoms with E-state index in [9.17, 15) is 9.59 Å². The summed E-state index contributed by atoms with van der Waals surface area (Å²) < 4.78 is 9.98. The molecule has 2 aromatic rings. The van der Waals surface area contributed by atoms with Crippen LogP contribution in [0, 0.1) is 0 Å². The van der Waals surface area contributed by atoms with E-state index in [-0.39, 0.29) is 23.9 Å². The Labute approximate surface area is 140 Å². The Morgan fingerprint density at radius 2 is 1.79 bits per heavy atom. The van der Waals surface area contributed by atoms with Gasteiger partial charge in [-0.05, 0) is 43.2 Å². The first-order valence-corrected chi connectivity index (χ1v) is 7.69. The third-order valence-electron chi connectivity index (χ3n) is 3.32. The number of pyridine rings is 1. The molecule has 0 saturated heterocycles. The van der Waals surface area contributed by atoms with Crippen molar-refractivity contribution in [2.45, 2.75) is 13.3 Å². The lowest BCUT2D eigenvalue weighted by Crippen LogP contribution is -2.27. The third kappa shape index (κ3) is 4.81. The van der Waals surface area contributed by atoms with E-state index in [2.05, 4.69) is 10.3 Å². The molecule has 0 radical (unpaired) electrons. The highest BCUT2D eigenvalue weighted by Gasteiger charge is 2.12. The van der Waals surface area contributed by atoms with Gasteiger partial charge in [0, 0.05) is 6.54 Å². The van der Waals surface area contributed by atoms with Crippen LogP contribution in [0.1, 0.15) is 33.5 Å². The molecule has 2 rings (SSSR count). The number of methoxy groups -OCH3 is 1. The van der Waals surface area contributed by atoms with E-state index in [1.54, 1.807) is 26.2 Å². The highest BCUT2D eigenvalue weighted by Crippen LogP contribution is 2.11. The van der Waals surface area contributed by atoms with Crippen molar-refractivity contribution in [3.05, 3.63) is 59.4 Å². The fraction of sp³-hybridized carbons (Fsp3) is 0.278. The molecule has 1 heterocycles. The third-order valence-corrected chi connectivity index (χ3v) is 3.32. The van der Waals surface area contributed by atoms with Gasteiger partial charge in [0.05, 0.1) is 13.7 Å². The van der Waals surface area contributed by atoms with E-state index >= 15 is 0 Å². The molecule has 0 atom stereocenters. The Bertz CT molecular complexity index is 698. The van der Waals surface area contributed by atoms with Gasteiger partial charge in [0.15, 0.2) is 0 Å². The monoisotopic (exact) mass is 328 g/mol. The number of aromatic nitrogens is 1. The molecule has 0 spiro atoms. The number of hydrogen-bond acceptors (Lipinski definition) is 5. The number of amides is 1. The topological polar surface area (TPSA) is 77.5 Å². The zero-order chi connectivity index (χ0) is 17.4. The first-order valence-electron chi connectivity index (χ1n) is 7.69. The highest BCUT2D eigenvalue weighted by atomic mass is 16.5. The van der Waals surface area contributed by atoms with Crippen molar-refractivity contribution in [1.82, 2.24) is 10.3 Å². The first kappa shape index (κ1) is 17.5. The van der Waals surface area contributed by atoms with E-state index in [0.717, 1.165) is 11.3 Å². The number of carbonyl (C=O) groups is 2. The molecule has 0 bridgehead atoms. The predicted octanol–water partition coefficient (Wildman–Crippen LogP) is 2.24. The smallest absolute Gasteiger partial charge is 0.356 e. The first-order chi connectivity index (χ1) is 11.6. The van der Waals surface area contributed by atoms with Crippen molar-refractivity contribution >= 4 is 11.9 Å². The molecule has 24 heavy (non-hydrogen) atoms. The second-order valence-corrected chi connectivity index (χ2v) is 4.98. The van der Waals surface area contributed by atoms with Crippen LogP contribution in [0.15, 0.2) is 42.5 Å². The normalized spacial score (nSPS) is 10.1. The van der Waals surface area contributed by atoms with Crippen LogP contribution in [0.5, 0.6) is 5.75 Å². The lowest BCUT2D eigenvalue weighted by atomic mass is 10.1. The molecule has 1 amide bonds. The Hall–Kier alpha value is -2.89. The fourth-order valence-corrected chi connectivity index (χ4v) is 2.08. The van der Waals surface area contributed by atoms with Crippen molar-refractivity contribution in [3.63, 3.8) is 0 Å². The summed E-state index contributed by atoms with van der Waals surface area (Å²) >= 11 is 0. The summed E-state index contributed by atoms with van der Waals surface area (Å²) in [6, 6.07) is 12.3. The summed E-state index contributed by atoms with van der Waals surface area (Å²) in [5.74, 6) is -0.0668. The maximum atomic E-state index is 12.1. The number of esters is 1. The molecule has 1 aromatic heterocycles. The number of hydrogen-bond donors (Lipinski definition) is 1. The zero-order valence-electron chi connectivity index (χ0n) is 13.7. The minimum Gasteiger partial charge on any atom is -0.497 e. The lowest BCUT2D eigenvalue weighted by Gasteiger charge is -2.07. The summed E-state index contributed by atoms with van der Waals surface area (Å²) in [5.41, 5.74) is 1.40. The van der Waals surface area contributed by atoms with Crippen molar-refractivity contribution in [1.29, 1.82) is 0 Å². The summed E-state index contributed by atoms with van der Waals surface area (Å²) in [4.78, 5) is 27.8. The van der Waals surface area contributed by atoms with Gasteiger partial charge >= 0.3 is 5.97 Å². The standard InChI is InChI=1S/C18H20N2O4/c1-3-24-18(22)16-6-4-5-15(20-16)17(21)19-12-11-13-7-9-14(23-2)10-8-13/h4-10H,3,11-12H2,1-2H3,(H,19,21). The van der Waals surface area contributed by atoms with E-state index in [1.165, 1.54) is 6.07 Å². The van der Waals surface area contributed by atoms with E-state index in [1.807, 2.05) is 24.3 Å². The Morgan fingerprint density at radius 1 is 1.08 bits per heavy atom. The van der Waals surface area contributed by atoms with Crippen LogP contribution in [0.4, 0.5) is 0 Å². The van der Waals surface area contributed by atoms with Gasteiger partial charge in [0.25, 0.3) is 5.91 Å². The van der Waals surface area contributed by atoms with Gasteiger partial charge < -0.3 is 14.8 Å². The maximum Gasteiger partial charge on any atom is 0.356 e. The molecule has 0 saturated carbocycles. The van der Waals surface area contributed by atoms with E-state index in [4.69, 9.17) is 9.47 Å². The molecule has 6 heteroatoms. The van der Waals surface area contributed by atoms with Crippen molar-refractivity contribution < 1.29 is 19.1 Å². The van der Waals surface area contributed by atoms with Crippen LogP contribution in [0.2, 0.25) is 0 Å². The lowest BCUT2D eigenvalue weighted by molar-refractivity contribution is 0.0519.